The normalized spacial score (nSPS) is 21.8. The van der Waals surface area contributed by atoms with Crippen molar-refractivity contribution in [1.29, 1.82) is 0 Å². The Balaban J connectivity index is 1.81. The van der Waals surface area contributed by atoms with Crippen LogP contribution >= 0.6 is 0 Å². The summed E-state index contributed by atoms with van der Waals surface area (Å²) in [6.07, 6.45) is 5.50. The molecule has 0 spiro atoms. The molecule has 1 aliphatic heterocycles. The summed E-state index contributed by atoms with van der Waals surface area (Å²) >= 11 is 0. The third kappa shape index (κ3) is 2.28. The van der Waals surface area contributed by atoms with Crippen LogP contribution < -0.4 is 4.74 Å². The fraction of sp³-hybridized carbons (Fsp3) is 0.316. The summed E-state index contributed by atoms with van der Waals surface area (Å²) in [5, 5.41) is 6.34. The van der Waals surface area contributed by atoms with Gasteiger partial charge in [0.2, 0.25) is 5.91 Å². The Kier molecular flexibility index (Phi) is 3.56. The van der Waals surface area contributed by atoms with Crippen molar-refractivity contribution in [3.63, 3.8) is 0 Å². The van der Waals surface area contributed by atoms with Crippen LogP contribution in [0.15, 0.2) is 47.8 Å². The van der Waals surface area contributed by atoms with Gasteiger partial charge in [0.05, 0.1) is 18.9 Å². The van der Waals surface area contributed by atoms with Crippen LogP contribution in [0.3, 0.4) is 0 Å². The predicted octanol–water partition coefficient (Wildman–Crippen LogP) is 2.96. The highest BCUT2D eigenvalue weighted by Gasteiger charge is 2.43. The molecular formula is C19H19N3O2. The summed E-state index contributed by atoms with van der Waals surface area (Å²) in [7, 11) is 1.67. The van der Waals surface area contributed by atoms with E-state index in [2.05, 4.69) is 11.1 Å². The van der Waals surface area contributed by atoms with Crippen LogP contribution in [0.2, 0.25) is 0 Å². The van der Waals surface area contributed by atoms with Crippen LogP contribution in [0.25, 0.3) is 0 Å². The van der Waals surface area contributed by atoms with Gasteiger partial charge in [-0.25, -0.2) is 5.01 Å². The van der Waals surface area contributed by atoms with Crippen LogP contribution in [-0.2, 0) is 11.2 Å². The number of amides is 1. The van der Waals surface area contributed by atoms with Gasteiger partial charge in [-0.15, -0.1) is 0 Å². The molecular weight excluding hydrogens is 302 g/mol. The minimum absolute atomic E-state index is 0.0387. The summed E-state index contributed by atoms with van der Waals surface area (Å²) in [5.74, 6) is 0.984. The van der Waals surface area contributed by atoms with Crippen LogP contribution in [0.5, 0.6) is 5.75 Å². The van der Waals surface area contributed by atoms with Crippen LogP contribution in [0.1, 0.15) is 36.1 Å². The first kappa shape index (κ1) is 14.9. The van der Waals surface area contributed by atoms with Crippen molar-refractivity contribution >= 4 is 11.6 Å². The standard InChI is InChI=1S/C19H19N3O2/c1-12(23)22-19(14-7-9-20-10-8-14)16-6-4-13-3-5-15(24-2)11-17(13)18(16)21-22/h3,5,7-11,16,19H,4,6H2,1-2H3/t16-,19?/m1/s1. The first-order valence-electron chi connectivity index (χ1n) is 8.14. The number of ether oxygens (including phenoxy) is 1. The number of nitrogens with zero attached hydrogens (tertiary/aromatic N) is 3. The highest BCUT2D eigenvalue weighted by atomic mass is 16.5. The highest BCUT2D eigenvalue weighted by molar-refractivity contribution is 6.07. The molecule has 4 rings (SSSR count). The number of rotatable bonds is 2. The van der Waals surface area contributed by atoms with Gasteiger partial charge < -0.3 is 4.74 Å². The molecule has 1 amide bonds. The number of fused-ring (bicyclic) bond motifs is 3. The lowest BCUT2D eigenvalue weighted by atomic mass is 9.77. The smallest absolute Gasteiger partial charge is 0.240 e. The second-order valence-electron chi connectivity index (χ2n) is 6.24. The number of hydrogen-bond acceptors (Lipinski definition) is 4. The number of pyridine rings is 1. The number of benzene rings is 1. The van der Waals surface area contributed by atoms with Crippen LogP contribution in [0.4, 0.5) is 0 Å². The molecule has 5 heteroatoms. The molecule has 2 aromatic rings. The van der Waals surface area contributed by atoms with Crippen molar-refractivity contribution in [2.45, 2.75) is 25.8 Å². The minimum Gasteiger partial charge on any atom is -0.497 e. The molecule has 122 valence electrons. The molecule has 1 unspecified atom stereocenters. The second-order valence-corrected chi connectivity index (χ2v) is 6.24. The first-order chi connectivity index (χ1) is 11.7. The van der Waals surface area contributed by atoms with E-state index in [0.717, 1.165) is 35.4 Å². The molecule has 0 bridgehead atoms. The van der Waals surface area contributed by atoms with Crippen molar-refractivity contribution in [3.05, 3.63) is 59.4 Å². The topological polar surface area (TPSA) is 54.8 Å². The maximum atomic E-state index is 12.2. The molecule has 2 aliphatic rings. The van der Waals surface area contributed by atoms with E-state index in [0.29, 0.717) is 0 Å². The lowest BCUT2D eigenvalue weighted by Crippen LogP contribution is -2.31. The van der Waals surface area contributed by atoms with E-state index >= 15 is 0 Å². The zero-order valence-electron chi connectivity index (χ0n) is 13.8. The molecule has 1 aromatic carbocycles. The number of aromatic nitrogens is 1. The summed E-state index contributed by atoms with van der Waals surface area (Å²) in [5.41, 5.74) is 4.44. The maximum Gasteiger partial charge on any atom is 0.240 e. The van der Waals surface area contributed by atoms with Crippen molar-refractivity contribution in [2.24, 2.45) is 11.0 Å². The molecule has 2 heterocycles. The number of carbonyl (C=O) groups excluding carboxylic acids is 1. The SMILES string of the molecule is COc1ccc2c(c1)C1=NN(C(C)=O)C(c3ccncc3)[C@@H]1CC2. The number of methoxy groups -OCH3 is 1. The van der Waals surface area contributed by atoms with Crippen molar-refractivity contribution in [3.8, 4) is 5.75 Å². The van der Waals surface area contributed by atoms with Gasteiger partial charge in [-0.3, -0.25) is 9.78 Å². The van der Waals surface area contributed by atoms with Gasteiger partial charge in [0, 0.05) is 30.8 Å². The molecule has 0 N–H and O–H groups in total. The third-order valence-corrected chi connectivity index (χ3v) is 4.90. The summed E-state index contributed by atoms with van der Waals surface area (Å²) in [4.78, 5) is 16.3. The number of carbonyl (C=O) groups is 1. The van der Waals surface area contributed by atoms with Crippen molar-refractivity contribution in [1.82, 2.24) is 9.99 Å². The van der Waals surface area contributed by atoms with E-state index in [1.165, 1.54) is 5.56 Å². The molecule has 2 atom stereocenters. The van der Waals surface area contributed by atoms with Crippen molar-refractivity contribution in [2.75, 3.05) is 7.11 Å². The monoisotopic (exact) mass is 321 g/mol. The lowest BCUT2D eigenvalue weighted by Gasteiger charge is -2.29. The van der Waals surface area contributed by atoms with E-state index < -0.39 is 0 Å². The van der Waals surface area contributed by atoms with Gasteiger partial charge >= 0.3 is 0 Å². The molecule has 0 fully saturated rings. The average molecular weight is 321 g/mol. The third-order valence-electron chi connectivity index (χ3n) is 4.90. The van der Waals surface area contributed by atoms with Gasteiger partial charge in [-0.2, -0.15) is 5.10 Å². The number of hydrazone groups is 1. The van der Waals surface area contributed by atoms with Gasteiger partial charge in [-0.05, 0) is 48.2 Å². The largest absolute Gasteiger partial charge is 0.497 e. The van der Waals surface area contributed by atoms with E-state index in [1.54, 1.807) is 31.4 Å². The molecule has 5 nitrogen and oxygen atoms in total. The second kappa shape index (κ2) is 5.74. The van der Waals surface area contributed by atoms with Crippen LogP contribution in [-0.4, -0.2) is 28.7 Å². The van der Waals surface area contributed by atoms with Crippen molar-refractivity contribution < 1.29 is 9.53 Å². The molecule has 0 radical (unpaired) electrons. The Hall–Kier alpha value is -2.69. The average Bonchev–Trinajstić information content (AvgIpc) is 3.02. The maximum absolute atomic E-state index is 12.2. The number of aryl methyl sites for hydroxylation is 1. The van der Waals surface area contributed by atoms with Gasteiger partial charge in [0.25, 0.3) is 0 Å². The fourth-order valence-corrected chi connectivity index (χ4v) is 3.77. The van der Waals surface area contributed by atoms with E-state index in [4.69, 9.17) is 9.84 Å². The molecule has 24 heavy (non-hydrogen) atoms. The van der Waals surface area contributed by atoms with Gasteiger partial charge in [0.15, 0.2) is 0 Å². The summed E-state index contributed by atoms with van der Waals surface area (Å²) in [6.45, 7) is 1.57. The molecule has 0 saturated heterocycles. The van der Waals surface area contributed by atoms with Gasteiger partial charge in [-0.1, -0.05) is 6.07 Å². The van der Waals surface area contributed by atoms with E-state index in [1.807, 2.05) is 24.3 Å². The van der Waals surface area contributed by atoms with E-state index in [-0.39, 0.29) is 17.9 Å². The lowest BCUT2D eigenvalue weighted by molar-refractivity contribution is -0.131. The van der Waals surface area contributed by atoms with Crippen LogP contribution in [0, 0.1) is 5.92 Å². The van der Waals surface area contributed by atoms with E-state index in [9.17, 15) is 4.79 Å². The Morgan fingerprint density at radius 3 is 2.75 bits per heavy atom. The zero-order chi connectivity index (χ0) is 16.7. The molecule has 1 aromatic heterocycles. The van der Waals surface area contributed by atoms with Gasteiger partial charge in [0.1, 0.15) is 5.75 Å². The molecule has 0 saturated carbocycles. The first-order valence-corrected chi connectivity index (χ1v) is 8.14. The quantitative estimate of drug-likeness (QED) is 0.854. The fourth-order valence-electron chi connectivity index (χ4n) is 3.77. The zero-order valence-corrected chi connectivity index (χ0v) is 13.8. The number of hydrogen-bond donors (Lipinski definition) is 0. The summed E-state index contributed by atoms with van der Waals surface area (Å²) < 4.78 is 5.37. The molecule has 1 aliphatic carbocycles. The Morgan fingerprint density at radius 1 is 1.25 bits per heavy atom. The Morgan fingerprint density at radius 2 is 2.04 bits per heavy atom. The minimum atomic E-state index is -0.0557. The summed E-state index contributed by atoms with van der Waals surface area (Å²) in [6, 6.07) is 10.0. The Bertz CT molecular complexity index is 817. The predicted molar refractivity (Wildman–Crippen MR) is 90.8 cm³/mol. The Labute approximate surface area is 141 Å². The highest BCUT2D eigenvalue weighted by Crippen LogP contribution is 2.43.